The summed E-state index contributed by atoms with van der Waals surface area (Å²) in [6.07, 6.45) is 1.78. The van der Waals surface area contributed by atoms with Crippen LogP contribution in [-0.2, 0) is 4.79 Å². The molecular weight excluding hydrogens is 165 g/mol. The summed E-state index contributed by atoms with van der Waals surface area (Å²) in [5, 5.41) is 10.5. The van der Waals surface area contributed by atoms with Gasteiger partial charge in [0.05, 0.1) is 0 Å². The Bertz CT molecular complexity index is 152. The zero-order valence-corrected chi connectivity index (χ0v) is 9.88. The van der Waals surface area contributed by atoms with Crippen molar-refractivity contribution < 1.29 is 39.5 Å². The molecule has 1 aliphatic rings. The van der Waals surface area contributed by atoms with E-state index in [0.29, 0.717) is 6.54 Å². The van der Waals surface area contributed by atoms with Crippen molar-refractivity contribution in [1.29, 1.82) is 0 Å². The standard InChI is InChI=1S/C8H15NO2.Na/c1-2-9-5-3-4-7(6-9)8(10)11;/h7H,2-6H2,1H3,(H,10,11);/q;+1/p-1. The van der Waals surface area contributed by atoms with Crippen LogP contribution < -0.4 is 34.7 Å². The summed E-state index contributed by atoms with van der Waals surface area (Å²) >= 11 is 0. The van der Waals surface area contributed by atoms with E-state index < -0.39 is 5.97 Å². The number of likely N-dealkylation sites (tertiary alicyclic amines) is 1. The maximum atomic E-state index is 10.5. The third-order valence-electron chi connectivity index (χ3n) is 2.29. The first-order valence-electron chi connectivity index (χ1n) is 4.17. The van der Waals surface area contributed by atoms with Gasteiger partial charge in [-0.05, 0) is 25.9 Å². The number of hydrogen-bond acceptors (Lipinski definition) is 3. The molecule has 1 atom stereocenters. The van der Waals surface area contributed by atoms with Gasteiger partial charge in [0, 0.05) is 18.4 Å². The minimum Gasteiger partial charge on any atom is -0.550 e. The Kier molecular flexibility index (Phi) is 6.19. The van der Waals surface area contributed by atoms with E-state index >= 15 is 0 Å². The van der Waals surface area contributed by atoms with Crippen molar-refractivity contribution in [3.05, 3.63) is 0 Å². The fourth-order valence-electron chi connectivity index (χ4n) is 1.54. The molecule has 0 aromatic carbocycles. The number of nitrogens with zero attached hydrogens (tertiary/aromatic N) is 1. The van der Waals surface area contributed by atoms with Crippen LogP contribution in [0.2, 0.25) is 0 Å². The number of rotatable bonds is 2. The Morgan fingerprint density at radius 1 is 1.67 bits per heavy atom. The van der Waals surface area contributed by atoms with Gasteiger partial charge in [-0.2, -0.15) is 0 Å². The van der Waals surface area contributed by atoms with Gasteiger partial charge in [-0.15, -0.1) is 0 Å². The van der Waals surface area contributed by atoms with Gasteiger partial charge in [0.15, 0.2) is 0 Å². The molecule has 64 valence electrons. The summed E-state index contributed by atoms with van der Waals surface area (Å²) in [5.74, 6) is -1.12. The van der Waals surface area contributed by atoms with Crippen molar-refractivity contribution in [3.8, 4) is 0 Å². The molecule has 0 spiro atoms. The van der Waals surface area contributed by atoms with Gasteiger partial charge in [-0.1, -0.05) is 6.92 Å². The van der Waals surface area contributed by atoms with Gasteiger partial charge in [-0.3, -0.25) is 0 Å². The van der Waals surface area contributed by atoms with E-state index in [1.54, 1.807) is 0 Å². The first-order chi connectivity index (χ1) is 5.24. The predicted octanol–water partition coefficient (Wildman–Crippen LogP) is -3.53. The summed E-state index contributed by atoms with van der Waals surface area (Å²) in [6, 6.07) is 0. The van der Waals surface area contributed by atoms with Gasteiger partial charge in [-0.25, -0.2) is 0 Å². The Labute approximate surface area is 95.4 Å². The SMILES string of the molecule is CCN1CCCC(C(=O)[O-])C1.[Na+]. The van der Waals surface area contributed by atoms with Crippen molar-refractivity contribution in [3.63, 3.8) is 0 Å². The second kappa shape index (κ2) is 5.97. The van der Waals surface area contributed by atoms with E-state index in [2.05, 4.69) is 11.8 Å². The molecule has 0 aromatic rings. The second-order valence-corrected chi connectivity index (χ2v) is 3.05. The smallest absolute Gasteiger partial charge is 0.550 e. The molecule has 1 aliphatic heterocycles. The van der Waals surface area contributed by atoms with Gasteiger partial charge < -0.3 is 14.8 Å². The van der Waals surface area contributed by atoms with Crippen molar-refractivity contribution in [1.82, 2.24) is 4.90 Å². The molecule has 1 heterocycles. The topological polar surface area (TPSA) is 43.4 Å². The molecule has 3 nitrogen and oxygen atoms in total. The fourth-order valence-corrected chi connectivity index (χ4v) is 1.54. The van der Waals surface area contributed by atoms with Gasteiger partial charge >= 0.3 is 29.6 Å². The van der Waals surface area contributed by atoms with Crippen molar-refractivity contribution in [2.75, 3.05) is 19.6 Å². The van der Waals surface area contributed by atoms with E-state index in [1.165, 1.54) is 0 Å². The van der Waals surface area contributed by atoms with Crippen molar-refractivity contribution >= 4 is 5.97 Å². The van der Waals surface area contributed by atoms with Crippen LogP contribution in [0.1, 0.15) is 19.8 Å². The quantitative estimate of drug-likeness (QED) is 0.413. The van der Waals surface area contributed by atoms with Gasteiger partial charge in [0.2, 0.25) is 0 Å². The Morgan fingerprint density at radius 3 is 2.83 bits per heavy atom. The summed E-state index contributed by atoms with van der Waals surface area (Å²) < 4.78 is 0. The third kappa shape index (κ3) is 3.44. The van der Waals surface area contributed by atoms with Crippen molar-refractivity contribution in [2.45, 2.75) is 19.8 Å². The number of hydrogen-bond donors (Lipinski definition) is 0. The van der Waals surface area contributed by atoms with Crippen LogP contribution in [0.5, 0.6) is 0 Å². The maximum absolute atomic E-state index is 10.5. The molecular formula is C8H14NNaO2. The maximum Gasteiger partial charge on any atom is 1.00 e. The average Bonchev–Trinajstić information content (AvgIpc) is 2.05. The van der Waals surface area contributed by atoms with Crippen LogP contribution >= 0.6 is 0 Å². The number of carbonyl (C=O) groups is 1. The molecule has 0 bridgehead atoms. The summed E-state index contributed by atoms with van der Waals surface area (Å²) in [4.78, 5) is 12.6. The minimum atomic E-state index is -0.886. The largest absolute Gasteiger partial charge is 1.00 e. The molecule has 0 saturated carbocycles. The molecule has 1 rings (SSSR count). The zero-order chi connectivity index (χ0) is 8.27. The molecule has 0 N–H and O–H groups in total. The number of aliphatic carboxylic acids is 1. The Balaban J connectivity index is 0.00000121. The molecule has 0 aromatic heterocycles. The number of piperidine rings is 1. The van der Waals surface area contributed by atoms with Gasteiger partial charge in [0.25, 0.3) is 0 Å². The normalized spacial score (nSPS) is 24.6. The van der Waals surface area contributed by atoms with Crippen LogP contribution in [0.3, 0.4) is 0 Å². The molecule has 0 amide bonds. The first-order valence-corrected chi connectivity index (χ1v) is 4.17. The van der Waals surface area contributed by atoms with Gasteiger partial charge in [0.1, 0.15) is 0 Å². The molecule has 12 heavy (non-hydrogen) atoms. The van der Waals surface area contributed by atoms with Crippen LogP contribution in [0.25, 0.3) is 0 Å². The summed E-state index contributed by atoms with van der Waals surface area (Å²) in [7, 11) is 0. The monoisotopic (exact) mass is 179 g/mol. The van der Waals surface area contributed by atoms with Crippen LogP contribution in [0.4, 0.5) is 0 Å². The number of carbonyl (C=O) groups excluding carboxylic acids is 1. The van der Waals surface area contributed by atoms with E-state index in [1.807, 2.05) is 0 Å². The van der Waals surface area contributed by atoms with Crippen LogP contribution in [-0.4, -0.2) is 30.5 Å². The van der Waals surface area contributed by atoms with Crippen LogP contribution in [0.15, 0.2) is 0 Å². The predicted molar refractivity (Wildman–Crippen MR) is 39.8 cm³/mol. The van der Waals surface area contributed by atoms with Crippen LogP contribution in [0, 0.1) is 5.92 Å². The first kappa shape index (κ1) is 12.4. The summed E-state index contributed by atoms with van der Waals surface area (Å²) in [5.41, 5.74) is 0. The molecule has 0 radical (unpaired) electrons. The summed E-state index contributed by atoms with van der Waals surface area (Å²) in [6.45, 7) is 4.72. The Morgan fingerprint density at radius 2 is 2.33 bits per heavy atom. The molecule has 1 unspecified atom stereocenters. The van der Waals surface area contributed by atoms with E-state index in [4.69, 9.17) is 0 Å². The third-order valence-corrected chi connectivity index (χ3v) is 2.29. The van der Waals surface area contributed by atoms with E-state index in [-0.39, 0.29) is 35.5 Å². The fraction of sp³-hybridized carbons (Fsp3) is 0.875. The second-order valence-electron chi connectivity index (χ2n) is 3.05. The number of carboxylic acids is 1. The molecule has 4 heteroatoms. The molecule has 0 aliphatic carbocycles. The zero-order valence-electron chi connectivity index (χ0n) is 7.88. The Hall–Kier alpha value is 0.430. The molecule has 1 saturated heterocycles. The molecule has 1 fully saturated rings. The average molecular weight is 179 g/mol. The van der Waals surface area contributed by atoms with Crippen molar-refractivity contribution in [2.24, 2.45) is 5.92 Å². The number of carboxylic acid groups (broad SMARTS) is 1. The van der Waals surface area contributed by atoms with E-state index in [0.717, 1.165) is 25.9 Å². The minimum absolute atomic E-state index is 0. The van der Waals surface area contributed by atoms with E-state index in [9.17, 15) is 9.90 Å².